The molecule has 0 spiro atoms. The van der Waals surface area contributed by atoms with Gasteiger partial charge in [-0.2, -0.15) is 0 Å². The molecule has 0 aromatic carbocycles. The second kappa shape index (κ2) is 4.79. The van der Waals surface area contributed by atoms with Crippen LogP contribution >= 0.6 is 27.3 Å². The Kier molecular flexibility index (Phi) is 3.77. The molecule has 0 bridgehead atoms. The van der Waals surface area contributed by atoms with Crippen molar-refractivity contribution in [2.24, 2.45) is 17.6 Å². The van der Waals surface area contributed by atoms with Crippen LogP contribution in [0.2, 0.25) is 0 Å². The van der Waals surface area contributed by atoms with Crippen molar-refractivity contribution in [3.05, 3.63) is 20.8 Å². The predicted molar refractivity (Wildman–Crippen MR) is 74.8 cm³/mol. The molecule has 2 N–H and O–H groups in total. The van der Waals surface area contributed by atoms with E-state index in [-0.39, 0.29) is 5.54 Å². The van der Waals surface area contributed by atoms with Crippen LogP contribution in [0.15, 0.2) is 15.9 Å². The fourth-order valence-electron chi connectivity index (χ4n) is 2.75. The summed E-state index contributed by atoms with van der Waals surface area (Å²) in [7, 11) is 0. The lowest BCUT2D eigenvalue weighted by molar-refractivity contribution is 0.164. The van der Waals surface area contributed by atoms with Gasteiger partial charge in [-0.3, -0.25) is 0 Å². The van der Waals surface area contributed by atoms with E-state index in [1.807, 2.05) is 11.3 Å². The molecule has 1 aliphatic rings. The summed E-state index contributed by atoms with van der Waals surface area (Å²) >= 11 is 5.34. The molecule has 1 fully saturated rings. The quantitative estimate of drug-likeness (QED) is 0.870. The van der Waals surface area contributed by atoms with Gasteiger partial charge in [0.25, 0.3) is 0 Å². The highest BCUT2D eigenvalue weighted by Crippen LogP contribution is 2.38. The zero-order valence-electron chi connectivity index (χ0n) is 10.0. The third kappa shape index (κ3) is 2.69. The molecule has 1 saturated carbocycles. The largest absolute Gasteiger partial charge is 0.325 e. The first-order chi connectivity index (χ1) is 7.49. The normalized spacial score (nSPS) is 35.2. The molecule has 1 aromatic rings. The molecule has 1 aromatic heterocycles. The fourth-order valence-corrected chi connectivity index (χ4v) is 4.37. The summed E-state index contributed by atoms with van der Waals surface area (Å²) in [5.41, 5.74) is 6.62. The molecule has 0 saturated heterocycles. The Morgan fingerprint density at radius 3 is 2.81 bits per heavy atom. The van der Waals surface area contributed by atoms with E-state index < -0.39 is 0 Å². The number of rotatable bonds is 2. The maximum atomic E-state index is 6.60. The summed E-state index contributed by atoms with van der Waals surface area (Å²) in [5.74, 6) is 1.49. The van der Waals surface area contributed by atoms with Crippen molar-refractivity contribution in [2.45, 2.75) is 45.1 Å². The molecule has 0 aliphatic heterocycles. The number of hydrogen-bond donors (Lipinski definition) is 1. The third-order valence-corrected chi connectivity index (χ3v) is 5.60. The van der Waals surface area contributed by atoms with Crippen molar-refractivity contribution < 1.29 is 0 Å². The average molecular weight is 302 g/mol. The van der Waals surface area contributed by atoms with Gasteiger partial charge in [0.05, 0.1) is 3.79 Å². The Labute approximate surface area is 111 Å². The Hall–Kier alpha value is 0.140. The SMILES string of the molecule is CC1CCC(N)(Cc2ccc(Br)s2)C(C)C1. The van der Waals surface area contributed by atoms with E-state index in [9.17, 15) is 0 Å². The number of halogens is 1. The van der Waals surface area contributed by atoms with Crippen LogP contribution in [-0.2, 0) is 6.42 Å². The van der Waals surface area contributed by atoms with E-state index >= 15 is 0 Å². The first-order valence-corrected chi connectivity index (χ1v) is 7.63. The van der Waals surface area contributed by atoms with Crippen LogP contribution in [0.1, 0.15) is 38.0 Å². The van der Waals surface area contributed by atoms with Crippen LogP contribution in [0.4, 0.5) is 0 Å². The van der Waals surface area contributed by atoms with Crippen LogP contribution in [0.25, 0.3) is 0 Å². The van der Waals surface area contributed by atoms with Gasteiger partial charge in [0, 0.05) is 16.8 Å². The molecule has 3 unspecified atom stereocenters. The lowest BCUT2D eigenvalue weighted by atomic mass is 9.69. The molecule has 0 amide bonds. The standard InChI is InChI=1S/C13H20BrNS/c1-9-5-6-13(15,10(2)7-9)8-11-3-4-12(14)16-11/h3-4,9-10H,5-8,15H2,1-2H3. The topological polar surface area (TPSA) is 26.0 Å². The van der Waals surface area contributed by atoms with Crippen LogP contribution in [-0.4, -0.2) is 5.54 Å². The highest BCUT2D eigenvalue weighted by atomic mass is 79.9. The van der Waals surface area contributed by atoms with Crippen molar-refractivity contribution in [3.63, 3.8) is 0 Å². The van der Waals surface area contributed by atoms with Crippen molar-refractivity contribution in [1.29, 1.82) is 0 Å². The molecule has 1 heterocycles. The molecule has 2 rings (SSSR count). The van der Waals surface area contributed by atoms with Crippen LogP contribution in [0.3, 0.4) is 0 Å². The van der Waals surface area contributed by atoms with Crippen molar-refractivity contribution in [2.75, 3.05) is 0 Å². The summed E-state index contributed by atoms with van der Waals surface area (Å²) in [5, 5.41) is 0. The molecule has 3 heteroatoms. The number of thiophene rings is 1. The lowest BCUT2D eigenvalue weighted by Gasteiger charge is -2.42. The zero-order valence-corrected chi connectivity index (χ0v) is 12.4. The van der Waals surface area contributed by atoms with E-state index in [0.717, 1.165) is 12.3 Å². The molecular formula is C13H20BrNS. The van der Waals surface area contributed by atoms with Gasteiger partial charge in [-0.1, -0.05) is 13.8 Å². The zero-order chi connectivity index (χ0) is 11.8. The molecule has 3 atom stereocenters. The summed E-state index contributed by atoms with van der Waals surface area (Å²) in [6.07, 6.45) is 4.78. The van der Waals surface area contributed by atoms with Crippen LogP contribution in [0, 0.1) is 11.8 Å². The van der Waals surface area contributed by atoms with E-state index in [4.69, 9.17) is 5.73 Å². The van der Waals surface area contributed by atoms with Gasteiger partial charge in [0.1, 0.15) is 0 Å². The molecule has 16 heavy (non-hydrogen) atoms. The monoisotopic (exact) mass is 301 g/mol. The maximum absolute atomic E-state index is 6.60. The van der Waals surface area contributed by atoms with Crippen LogP contribution < -0.4 is 5.73 Å². The van der Waals surface area contributed by atoms with E-state index in [2.05, 4.69) is 41.9 Å². The summed E-state index contributed by atoms with van der Waals surface area (Å²) in [4.78, 5) is 1.41. The van der Waals surface area contributed by atoms with E-state index in [0.29, 0.717) is 5.92 Å². The Morgan fingerprint density at radius 2 is 2.25 bits per heavy atom. The van der Waals surface area contributed by atoms with Crippen molar-refractivity contribution in [1.82, 2.24) is 0 Å². The van der Waals surface area contributed by atoms with Gasteiger partial charge in [-0.15, -0.1) is 11.3 Å². The minimum atomic E-state index is 0.0246. The first kappa shape index (κ1) is 12.6. The van der Waals surface area contributed by atoms with Gasteiger partial charge in [0.2, 0.25) is 0 Å². The van der Waals surface area contributed by atoms with Gasteiger partial charge < -0.3 is 5.73 Å². The lowest BCUT2D eigenvalue weighted by Crippen LogP contribution is -2.51. The fraction of sp³-hybridized carbons (Fsp3) is 0.692. The Balaban J connectivity index is 2.07. The maximum Gasteiger partial charge on any atom is 0.0701 e. The van der Waals surface area contributed by atoms with Crippen molar-refractivity contribution in [3.8, 4) is 0 Å². The van der Waals surface area contributed by atoms with Crippen LogP contribution in [0.5, 0.6) is 0 Å². The van der Waals surface area contributed by atoms with Gasteiger partial charge in [-0.25, -0.2) is 0 Å². The molecule has 1 nitrogen and oxygen atoms in total. The predicted octanol–water partition coefficient (Wildman–Crippen LogP) is 4.21. The second-order valence-electron chi connectivity index (χ2n) is 5.40. The first-order valence-electron chi connectivity index (χ1n) is 6.03. The summed E-state index contributed by atoms with van der Waals surface area (Å²) < 4.78 is 1.21. The third-order valence-electron chi connectivity index (χ3n) is 3.97. The number of hydrogen-bond acceptors (Lipinski definition) is 2. The van der Waals surface area contributed by atoms with Crippen molar-refractivity contribution >= 4 is 27.3 Å². The Morgan fingerprint density at radius 1 is 1.50 bits per heavy atom. The highest BCUT2D eigenvalue weighted by molar-refractivity contribution is 9.11. The minimum absolute atomic E-state index is 0.0246. The minimum Gasteiger partial charge on any atom is -0.325 e. The summed E-state index contributed by atoms with van der Waals surface area (Å²) in [6, 6.07) is 4.33. The average Bonchev–Trinajstić information content (AvgIpc) is 2.59. The van der Waals surface area contributed by atoms with E-state index in [1.54, 1.807) is 0 Å². The number of nitrogens with two attached hydrogens (primary N) is 1. The molecule has 0 radical (unpaired) electrons. The molecule has 1 aliphatic carbocycles. The van der Waals surface area contributed by atoms with E-state index in [1.165, 1.54) is 27.9 Å². The summed E-state index contributed by atoms with van der Waals surface area (Å²) in [6.45, 7) is 4.66. The molecule has 90 valence electrons. The van der Waals surface area contributed by atoms with Gasteiger partial charge >= 0.3 is 0 Å². The molecular weight excluding hydrogens is 282 g/mol. The van der Waals surface area contributed by atoms with Gasteiger partial charge in [-0.05, 0) is 59.2 Å². The Bertz CT molecular complexity index is 363. The second-order valence-corrected chi connectivity index (χ2v) is 7.94. The smallest absolute Gasteiger partial charge is 0.0701 e. The highest BCUT2D eigenvalue weighted by Gasteiger charge is 2.36. The van der Waals surface area contributed by atoms with Gasteiger partial charge in [0.15, 0.2) is 0 Å².